The number of anilines is 2. The van der Waals surface area contributed by atoms with E-state index in [4.69, 9.17) is 10.2 Å². The summed E-state index contributed by atoms with van der Waals surface area (Å²) in [5, 5.41) is 13.9. The van der Waals surface area contributed by atoms with Gasteiger partial charge >= 0.3 is 0 Å². The zero-order valence-electron chi connectivity index (χ0n) is 16.2. The second-order valence-electron chi connectivity index (χ2n) is 7.35. The number of para-hydroxylation sites is 1. The molecule has 5 heteroatoms. The summed E-state index contributed by atoms with van der Waals surface area (Å²) in [6, 6.07) is 16.9. The number of nitriles is 1. The van der Waals surface area contributed by atoms with Crippen LogP contribution in [-0.2, 0) is 6.42 Å². The maximum Gasteiger partial charge on any atom is 0.128 e. The first-order valence-corrected chi connectivity index (χ1v) is 10.0. The van der Waals surface area contributed by atoms with Crippen molar-refractivity contribution in [2.75, 3.05) is 23.3 Å². The molecule has 0 bridgehead atoms. The lowest BCUT2D eigenvalue weighted by molar-refractivity contribution is 0.524. The monoisotopic (exact) mass is 371 g/mol. The topological polar surface area (TPSA) is 64.8 Å². The zero-order chi connectivity index (χ0) is 19.3. The predicted molar refractivity (Wildman–Crippen MR) is 114 cm³/mol. The minimum absolute atomic E-state index is 0.440. The molecule has 1 aliphatic rings. The number of hydrogen-bond donors (Lipinski definition) is 1. The molecular formula is C23H25N5. The third-order valence-electron chi connectivity index (χ3n) is 5.33. The summed E-state index contributed by atoms with van der Waals surface area (Å²) in [6.45, 7) is 4.11. The van der Waals surface area contributed by atoms with Crippen molar-refractivity contribution in [3.05, 3.63) is 59.9 Å². The molecule has 1 aliphatic heterocycles. The van der Waals surface area contributed by atoms with Crippen molar-refractivity contribution in [1.82, 2.24) is 9.97 Å². The number of aromatic nitrogens is 2. The van der Waals surface area contributed by atoms with Gasteiger partial charge in [-0.1, -0.05) is 31.5 Å². The molecule has 1 saturated heterocycles. The molecule has 28 heavy (non-hydrogen) atoms. The largest absolute Gasteiger partial charge is 0.382 e. The number of benzene rings is 1. The Morgan fingerprint density at radius 3 is 2.71 bits per heavy atom. The molecule has 0 radical (unpaired) electrons. The van der Waals surface area contributed by atoms with Gasteiger partial charge in [0.05, 0.1) is 11.1 Å². The standard InChI is InChI=1S/C23H25N5/c1-2-5-19-14-22(20-6-3-4-7-21(20)27-19)26-18-10-12-28(13-11-18)23-9-8-17(15-24)16-25-23/h3-4,6-9,14,16,18H,2,5,10-13H2,1H3,(H,26,27). The molecule has 0 spiro atoms. The van der Waals surface area contributed by atoms with Gasteiger partial charge in [-0.3, -0.25) is 4.98 Å². The molecule has 2 aromatic heterocycles. The highest BCUT2D eigenvalue weighted by atomic mass is 15.2. The minimum atomic E-state index is 0.440. The number of piperidine rings is 1. The van der Waals surface area contributed by atoms with E-state index in [1.165, 1.54) is 11.1 Å². The fourth-order valence-electron chi connectivity index (χ4n) is 3.85. The number of hydrogen-bond acceptors (Lipinski definition) is 5. The Morgan fingerprint density at radius 1 is 1.18 bits per heavy atom. The average Bonchev–Trinajstić information content (AvgIpc) is 2.75. The van der Waals surface area contributed by atoms with Gasteiger partial charge < -0.3 is 10.2 Å². The lowest BCUT2D eigenvalue weighted by Crippen LogP contribution is -2.39. The molecule has 1 aromatic carbocycles. The normalized spacial score (nSPS) is 14.8. The second-order valence-corrected chi connectivity index (χ2v) is 7.35. The summed E-state index contributed by atoms with van der Waals surface area (Å²) in [5.74, 6) is 0.956. The molecule has 1 fully saturated rings. The van der Waals surface area contributed by atoms with Gasteiger partial charge in [0.25, 0.3) is 0 Å². The van der Waals surface area contributed by atoms with Crippen LogP contribution in [0.4, 0.5) is 11.5 Å². The van der Waals surface area contributed by atoms with Crippen LogP contribution in [0.3, 0.4) is 0 Å². The first-order valence-electron chi connectivity index (χ1n) is 10.0. The average molecular weight is 371 g/mol. The van der Waals surface area contributed by atoms with Crippen LogP contribution in [0.25, 0.3) is 10.9 Å². The van der Waals surface area contributed by atoms with E-state index in [1.54, 1.807) is 6.20 Å². The Bertz CT molecular complexity index is 982. The fourth-order valence-corrected chi connectivity index (χ4v) is 3.85. The lowest BCUT2D eigenvalue weighted by atomic mass is 10.0. The second kappa shape index (κ2) is 8.26. The number of aryl methyl sites for hydroxylation is 1. The molecule has 142 valence electrons. The first-order chi connectivity index (χ1) is 13.8. The number of pyridine rings is 2. The van der Waals surface area contributed by atoms with Crippen molar-refractivity contribution in [2.24, 2.45) is 0 Å². The lowest BCUT2D eigenvalue weighted by Gasteiger charge is -2.34. The van der Waals surface area contributed by atoms with E-state index in [0.29, 0.717) is 11.6 Å². The van der Waals surface area contributed by atoms with E-state index in [1.807, 2.05) is 12.1 Å². The molecule has 5 nitrogen and oxygen atoms in total. The molecule has 1 N–H and O–H groups in total. The summed E-state index contributed by atoms with van der Waals surface area (Å²) < 4.78 is 0. The Kier molecular flexibility index (Phi) is 5.38. The highest BCUT2D eigenvalue weighted by molar-refractivity contribution is 5.91. The van der Waals surface area contributed by atoms with Crippen molar-refractivity contribution in [1.29, 1.82) is 5.26 Å². The third-order valence-corrected chi connectivity index (χ3v) is 5.33. The van der Waals surface area contributed by atoms with Crippen LogP contribution in [0.5, 0.6) is 0 Å². The summed E-state index contributed by atoms with van der Waals surface area (Å²) in [7, 11) is 0. The highest BCUT2D eigenvalue weighted by Crippen LogP contribution is 2.27. The van der Waals surface area contributed by atoms with Crippen LogP contribution < -0.4 is 10.2 Å². The van der Waals surface area contributed by atoms with Crippen molar-refractivity contribution in [2.45, 2.75) is 38.6 Å². The SMILES string of the molecule is CCCc1cc(NC2CCN(c3ccc(C#N)cn3)CC2)c2ccccc2n1. The number of rotatable bonds is 5. The van der Waals surface area contributed by atoms with Crippen LogP contribution >= 0.6 is 0 Å². The van der Waals surface area contributed by atoms with Crippen molar-refractivity contribution >= 4 is 22.4 Å². The predicted octanol–water partition coefficient (Wildman–Crippen LogP) is 4.53. The van der Waals surface area contributed by atoms with E-state index in [0.717, 1.165) is 55.8 Å². The smallest absolute Gasteiger partial charge is 0.128 e. The van der Waals surface area contributed by atoms with Gasteiger partial charge in [0.15, 0.2) is 0 Å². The van der Waals surface area contributed by atoms with Crippen molar-refractivity contribution < 1.29 is 0 Å². The van der Waals surface area contributed by atoms with Crippen molar-refractivity contribution in [3.8, 4) is 6.07 Å². The van der Waals surface area contributed by atoms with Gasteiger partial charge in [-0.25, -0.2) is 4.98 Å². The maximum absolute atomic E-state index is 8.93. The quantitative estimate of drug-likeness (QED) is 0.713. The Morgan fingerprint density at radius 2 is 2.00 bits per heavy atom. The summed E-state index contributed by atoms with van der Waals surface area (Å²) in [5.41, 5.74) is 4.02. The van der Waals surface area contributed by atoms with E-state index in [-0.39, 0.29) is 0 Å². The van der Waals surface area contributed by atoms with Crippen LogP contribution in [0.2, 0.25) is 0 Å². The van der Waals surface area contributed by atoms with Gasteiger partial charge in [-0.05, 0) is 43.5 Å². The summed E-state index contributed by atoms with van der Waals surface area (Å²) in [4.78, 5) is 11.5. The number of fused-ring (bicyclic) bond motifs is 1. The summed E-state index contributed by atoms with van der Waals surface area (Å²) in [6.07, 6.45) is 5.87. The van der Waals surface area contributed by atoms with E-state index < -0.39 is 0 Å². The Balaban J connectivity index is 1.46. The van der Waals surface area contributed by atoms with Gasteiger partial charge in [0.1, 0.15) is 11.9 Å². The number of nitrogens with one attached hydrogen (secondary N) is 1. The molecular weight excluding hydrogens is 346 g/mol. The Labute approximate surface area is 166 Å². The minimum Gasteiger partial charge on any atom is -0.382 e. The molecule has 0 atom stereocenters. The first kappa shape index (κ1) is 18.2. The van der Waals surface area contributed by atoms with Gasteiger partial charge in [-0.2, -0.15) is 5.26 Å². The number of nitrogens with zero attached hydrogens (tertiary/aromatic N) is 4. The molecule has 0 amide bonds. The summed E-state index contributed by atoms with van der Waals surface area (Å²) >= 11 is 0. The van der Waals surface area contributed by atoms with Gasteiger partial charge in [0.2, 0.25) is 0 Å². The Hall–Kier alpha value is -3.13. The zero-order valence-corrected chi connectivity index (χ0v) is 16.2. The molecule has 3 heterocycles. The highest BCUT2D eigenvalue weighted by Gasteiger charge is 2.21. The van der Waals surface area contributed by atoms with Gasteiger partial charge in [0, 0.05) is 42.1 Å². The van der Waals surface area contributed by atoms with E-state index in [2.05, 4.69) is 58.5 Å². The molecule has 0 saturated carbocycles. The van der Waals surface area contributed by atoms with Gasteiger partial charge in [-0.15, -0.1) is 0 Å². The molecule has 4 rings (SSSR count). The van der Waals surface area contributed by atoms with Crippen LogP contribution in [0, 0.1) is 11.3 Å². The van der Waals surface area contributed by atoms with Crippen molar-refractivity contribution in [3.63, 3.8) is 0 Å². The van der Waals surface area contributed by atoms with Crippen LogP contribution in [0.15, 0.2) is 48.7 Å². The van der Waals surface area contributed by atoms with Crippen LogP contribution in [-0.4, -0.2) is 29.1 Å². The maximum atomic E-state index is 8.93. The molecule has 0 aliphatic carbocycles. The third kappa shape index (κ3) is 3.91. The molecule has 3 aromatic rings. The van der Waals surface area contributed by atoms with E-state index >= 15 is 0 Å². The van der Waals surface area contributed by atoms with E-state index in [9.17, 15) is 0 Å². The van der Waals surface area contributed by atoms with Crippen LogP contribution in [0.1, 0.15) is 37.4 Å². The molecule has 0 unspecified atom stereocenters. The fraction of sp³-hybridized carbons (Fsp3) is 0.348.